The number of carbonyl (C=O) groups excluding carboxylic acids is 1. The number of amides is 1. The van der Waals surface area contributed by atoms with Crippen LogP contribution >= 0.6 is 24.0 Å². The molecule has 0 spiro atoms. The Bertz CT molecular complexity index is 619. The highest BCUT2D eigenvalue weighted by molar-refractivity contribution is 8.03. The van der Waals surface area contributed by atoms with Crippen molar-refractivity contribution in [3.05, 3.63) is 10.6 Å². The van der Waals surface area contributed by atoms with E-state index in [1.807, 2.05) is 18.9 Å². The van der Waals surface area contributed by atoms with Crippen LogP contribution in [0, 0.1) is 11.8 Å². The molecule has 3 heterocycles. The zero-order valence-electron chi connectivity index (χ0n) is 13.2. The van der Waals surface area contributed by atoms with Gasteiger partial charge in [0.2, 0.25) is 5.91 Å². The zero-order valence-corrected chi connectivity index (χ0v) is 14.9. The van der Waals surface area contributed by atoms with Gasteiger partial charge in [-0.15, -0.1) is 11.8 Å². The number of carboxylic acid groups (broad SMARTS) is 1. The maximum atomic E-state index is 12.3. The van der Waals surface area contributed by atoms with Crippen molar-refractivity contribution in [1.82, 2.24) is 9.80 Å². The predicted octanol–water partition coefficient (Wildman–Crippen LogP) is 0.905. The number of fused-ring (bicyclic) bond motifs is 1. The van der Waals surface area contributed by atoms with E-state index in [2.05, 4.69) is 0 Å². The summed E-state index contributed by atoms with van der Waals surface area (Å²) in [5, 5.41) is 19.6. The minimum Gasteiger partial charge on any atom is -0.477 e. The fraction of sp³-hybridized carbons (Fsp3) is 0.667. The minimum atomic E-state index is -1.08. The number of aliphatic hydroxyl groups excluding tert-OH is 1. The second-order valence-corrected chi connectivity index (χ2v) is 8.30. The van der Waals surface area contributed by atoms with Crippen LogP contribution in [0.4, 0.5) is 0 Å². The van der Waals surface area contributed by atoms with Crippen LogP contribution in [0.2, 0.25) is 0 Å². The molecule has 0 unspecified atom stereocenters. The average Bonchev–Trinajstić information content (AvgIpc) is 2.87. The lowest BCUT2D eigenvalue weighted by molar-refractivity contribution is -0.163. The summed E-state index contributed by atoms with van der Waals surface area (Å²) in [5.41, 5.74) is 0.0925. The van der Waals surface area contributed by atoms with Gasteiger partial charge >= 0.3 is 5.97 Å². The van der Waals surface area contributed by atoms with Gasteiger partial charge in [0, 0.05) is 36.1 Å². The monoisotopic (exact) mass is 356 g/mol. The number of rotatable bonds is 4. The van der Waals surface area contributed by atoms with Gasteiger partial charge in [0.1, 0.15) is 5.70 Å². The molecule has 2 N–H and O–H groups in total. The number of β-lactam (4-membered cyclic amide) rings is 1. The first-order valence-electron chi connectivity index (χ1n) is 7.63. The Morgan fingerprint density at radius 2 is 2.13 bits per heavy atom. The highest BCUT2D eigenvalue weighted by atomic mass is 32.2. The lowest BCUT2D eigenvalue weighted by Crippen LogP contribution is -2.63. The summed E-state index contributed by atoms with van der Waals surface area (Å²) in [7, 11) is 1.94. The molecule has 0 aromatic heterocycles. The van der Waals surface area contributed by atoms with Crippen molar-refractivity contribution in [2.75, 3.05) is 13.6 Å². The Labute approximate surface area is 144 Å². The molecule has 5 atom stereocenters. The maximum Gasteiger partial charge on any atom is 0.353 e. The highest BCUT2D eigenvalue weighted by Gasteiger charge is 2.60. The molecular weight excluding hydrogens is 336 g/mol. The van der Waals surface area contributed by atoms with Crippen molar-refractivity contribution in [2.45, 2.75) is 37.7 Å². The maximum absolute atomic E-state index is 12.3. The normalized spacial score (nSPS) is 34.8. The van der Waals surface area contributed by atoms with Crippen LogP contribution in [0.15, 0.2) is 10.6 Å². The molecule has 1 amide bonds. The Morgan fingerprint density at radius 3 is 2.61 bits per heavy atom. The molecule has 0 bridgehead atoms. The number of hydrogen-bond acceptors (Lipinski definition) is 5. The van der Waals surface area contributed by atoms with E-state index < -0.39 is 18.0 Å². The van der Waals surface area contributed by atoms with E-state index in [0.29, 0.717) is 0 Å². The fourth-order valence-corrected chi connectivity index (χ4v) is 5.69. The van der Waals surface area contributed by atoms with E-state index >= 15 is 0 Å². The number of aliphatic hydroxyl groups is 1. The summed E-state index contributed by atoms with van der Waals surface area (Å²) in [6.07, 6.45) is -0.0197. The second-order valence-electron chi connectivity index (χ2n) is 6.49. The number of carboxylic acids is 1. The number of likely N-dealkylation sites (tertiary alicyclic amines) is 1. The van der Waals surface area contributed by atoms with Gasteiger partial charge in [0.15, 0.2) is 0 Å². The van der Waals surface area contributed by atoms with Gasteiger partial charge < -0.3 is 20.0 Å². The quantitative estimate of drug-likeness (QED) is 0.572. The van der Waals surface area contributed by atoms with Gasteiger partial charge in [-0.05, 0) is 6.92 Å². The van der Waals surface area contributed by atoms with Crippen molar-refractivity contribution in [2.24, 2.45) is 11.8 Å². The van der Waals surface area contributed by atoms with E-state index in [4.69, 9.17) is 12.2 Å². The molecule has 23 heavy (non-hydrogen) atoms. The Morgan fingerprint density at radius 1 is 1.48 bits per heavy atom. The summed E-state index contributed by atoms with van der Waals surface area (Å²) < 4.78 is 0. The number of nitrogens with zero attached hydrogens (tertiary/aromatic N) is 2. The largest absolute Gasteiger partial charge is 0.477 e. The molecular formula is C15H20N2O4S2. The van der Waals surface area contributed by atoms with Crippen molar-refractivity contribution in [1.29, 1.82) is 0 Å². The SMILES string of the molecule is C[C@@H](O)[C@H]1C(=O)N2C(C(=O)O)=C(S[C@H]3CC(=S)N(C)C3)[C@H](C)[C@H]12. The van der Waals surface area contributed by atoms with Crippen molar-refractivity contribution >= 4 is 40.8 Å². The number of thiocarbonyl (C=S) groups is 1. The Hall–Kier alpha value is -1.12. The summed E-state index contributed by atoms with van der Waals surface area (Å²) >= 11 is 6.81. The molecule has 0 aromatic carbocycles. The van der Waals surface area contributed by atoms with E-state index in [1.165, 1.54) is 16.7 Å². The molecule has 126 valence electrons. The van der Waals surface area contributed by atoms with Crippen molar-refractivity contribution in [3.8, 4) is 0 Å². The van der Waals surface area contributed by atoms with Crippen molar-refractivity contribution in [3.63, 3.8) is 0 Å². The van der Waals surface area contributed by atoms with E-state index in [0.717, 1.165) is 22.9 Å². The van der Waals surface area contributed by atoms with Crippen LogP contribution < -0.4 is 0 Å². The number of aliphatic carboxylic acids is 1. The smallest absolute Gasteiger partial charge is 0.353 e. The summed E-state index contributed by atoms with van der Waals surface area (Å²) in [4.78, 5) is 29.0. The van der Waals surface area contributed by atoms with Gasteiger partial charge in [0.05, 0.1) is 23.1 Å². The number of hydrogen-bond donors (Lipinski definition) is 2. The lowest BCUT2D eigenvalue weighted by Gasteiger charge is -2.46. The minimum absolute atomic E-state index is 0.0807. The number of thioether (sulfide) groups is 1. The van der Waals surface area contributed by atoms with Crippen LogP contribution in [0.5, 0.6) is 0 Å². The van der Waals surface area contributed by atoms with E-state index in [1.54, 1.807) is 6.92 Å². The van der Waals surface area contributed by atoms with Gasteiger partial charge in [0.25, 0.3) is 0 Å². The van der Waals surface area contributed by atoms with Crippen molar-refractivity contribution < 1.29 is 19.8 Å². The third kappa shape index (κ3) is 2.47. The Balaban J connectivity index is 1.88. The predicted molar refractivity (Wildman–Crippen MR) is 90.9 cm³/mol. The highest BCUT2D eigenvalue weighted by Crippen LogP contribution is 2.51. The van der Waals surface area contributed by atoms with Gasteiger partial charge in [-0.3, -0.25) is 4.79 Å². The molecule has 3 aliphatic rings. The molecule has 0 saturated carbocycles. The molecule has 3 aliphatic heterocycles. The first-order chi connectivity index (χ1) is 10.7. The Kier molecular flexibility index (Phi) is 4.18. The zero-order chi connectivity index (χ0) is 17.0. The van der Waals surface area contributed by atoms with E-state index in [9.17, 15) is 19.8 Å². The molecule has 0 radical (unpaired) electrons. The third-order valence-corrected chi connectivity index (χ3v) is 6.86. The lowest BCUT2D eigenvalue weighted by atomic mass is 9.79. The molecule has 0 aromatic rings. The molecule has 6 nitrogen and oxygen atoms in total. The summed E-state index contributed by atoms with van der Waals surface area (Å²) in [6, 6.07) is -0.248. The van der Waals surface area contributed by atoms with Crippen LogP contribution in [0.1, 0.15) is 20.3 Å². The third-order valence-electron chi connectivity index (χ3n) is 4.91. The van der Waals surface area contributed by atoms with Crippen LogP contribution in [-0.2, 0) is 9.59 Å². The molecule has 2 saturated heterocycles. The standard InChI is InChI=1S/C15H20N2O4S2/c1-6-11-10(7(2)18)14(19)17(11)12(15(20)21)13(6)23-8-4-9(22)16(3)5-8/h6-8,10-11,18H,4-5H2,1-3H3,(H,20,21)/t6-,7-,8+,10-,11-/m1/s1. The molecule has 2 fully saturated rings. The topological polar surface area (TPSA) is 81.1 Å². The van der Waals surface area contributed by atoms with E-state index in [-0.39, 0.29) is 28.8 Å². The summed E-state index contributed by atoms with van der Waals surface area (Å²) in [6.45, 7) is 4.31. The summed E-state index contributed by atoms with van der Waals surface area (Å²) in [5.74, 6) is -1.95. The van der Waals surface area contributed by atoms with Gasteiger partial charge in [-0.2, -0.15) is 0 Å². The molecule has 0 aliphatic carbocycles. The van der Waals surface area contributed by atoms with Crippen LogP contribution in [0.25, 0.3) is 0 Å². The first-order valence-corrected chi connectivity index (χ1v) is 8.92. The van der Waals surface area contributed by atoms with Crippen LogP contribution in [-0.4, -0.2) is 67.9 Å². The first kappa shape index (κ1) is 16.7. The van der Waals surface area contributed by atoms with Crippen LogP contribution in [0.3, 0.4) is 0 Å². The fourth-order valence-electron chi connectivity index (χ4n) is 3.76. The molecule has 3 rings (SSSR count). The second kappa shape index (κ2) is 5.75. The average molecular weight is 356 g/mol. The van der Waals surface area contributed by atoms with Gasteiger partial charge in [-0.25, -0.2) is 4.79 Å². The molecule has 8 heteroatoms. The van der Waals surface area contributed by atoms with Gasteiger partial charge in [-0.1, -0.05) is 19.1 Å². The number of carbonyl (C=O) groups is 2.